The number of halogens is 1. The summed E-state index contributed by atoms with van der Waals surface area (Å²) in [5.41, 5.74) is 1.25. The van der Waals surface area contributed by atoms with Crippen molar-refractivity contribution in [2.45, 2.75) is 25.3 Å². The van der Waals surface area contributed by atoms with Crippen molar-refractivity contribution in [3.8, 4) is 5.75 Å². The molecule has 1 heterocycles. The molecule has 0 aliphatic carbocycles. The van der Waals surface area contributed by atoms with Crippen LogP contribution in [-0.2, 0) is 9.53 Å². The summed E-state index contributed by atoms with van der Waals surface area (Å²) in [6, 6.07) is 8.51. The lowest BCUT2D eigenvalue weighted by Crippen LogP contribution is -2.43. The molecule has 152 valence electrons. The summed E-state index contributed by atoms with van der Waals surface area (Å²) in [4.78, 5) is 18.0. The maximum atomic E-state index is 11.2. The summed E-state index contributed by atoms with van der Waals surface area (Å²) in [5, 5.41) is 6.53. The zero-order valence-corrected chi connectivity index (χ0v) is 18.7. The molecule has 1 aliphatic rings. The number of hydrogen-bond acceptors (Lipinski definition) is 5. The summed E-state index contributed by atoms with van der Waals surface area (Å²) in [7, 11) is 4.80. The number of nitrogens with one attached hydrogen (secondary N) is 2. The van der Waals surface area contributed by atoms with Gasteiger partial charge in [-0.1, -0.05) is 12.1 Å². The molecule has 0 aromatic heterocycles. The van der Waals surface area contributed by atoms with Gasteiger partial charge in [-0.3, -0.25) is 14.7 Å². The molecule has 27 heavy (non-hydrogen) atoms. The first-order valence-corrected chi connectivity index (χ1v) is 9.07. The van der Waals surface area contributed by atoms with E-state index >= 15 is 0 Å². The molecule has 1 fully saturated rings. The highest BCUT2D eigenvalue weighted by Gasteiger charge is 2.23. The van der Waals surface area contributed by atoms with Crippen molar-refractivity contribution in [2.75, 3.05) is 47.4 Å². The number of guanidine groups is 1. The predicted molar refractivity (Wildman–Crippen MR) is 118 cm³/mol. The predicted octanol–water partition coefficient (Wildman–Crippen LogP) is 2.18. The van der Waals surface area contributed by atoms with Gasteiger partial charge in [0.2, 0.25) is 0 Å². The minimum absolute atomic E-state index is 0. The summed E-state index contributed by atoms with van der Waals surface area (Å²) in [6.07, 6.45) is 2.78. The Bertz CT molecular complexity index is 589. The Labute approximate surface area is 178 Å². The number of benzene rings is 1. The van der Waals surface area contributed by atoms with Gasteiger partial charge in [0, 0.05) is 20.1 Å². The van der Waals surface area contributed by atoms with E-state index in [2.05, 4.69) is 37.4 Å². The number of aliphatic imine (C=N–C) groups is 1. The molecule has 0 saturated carbocycles. The van der Waals surface area contributed by atoms with E-state index in [4.69, 9.17) is 4.74 Å². The second-order valence-corrected chi connectivity index (χ2v) is 6.24. The fraction of sp³-hybridized carbons (Fsp3) is 0.579. The molecule has 1 aromatic carbocycles. The van der Waals surface area contributed by atoms with E-state index in [0.29, 0.717) is 18.9 Å². The minimum Gasteiger partial charge on any atom is -0.497 e. The molecule has 1 aromatic rings. The topological polar surface area (TPSA) is 75.2 Å². The molecular weight excluding hydrogens is 459 g/mol. The molecule has 1 saturated heterocycles. The first kappa shape index (κ1) is 23.5. The number of likely N-dealkylation sites (tertiary alicyclic amines) is 1. The molecule has 2 rings (SSSR count). The Kier molecular flexibility index (Phi) is 11.1. The fourth-order valence-corrected chi connectivity index (χ4v) is 3.14. The summed E-state index contributed by atoms with van der Waals surface area (Å²) < 4.78 is 9.92. The van der Waals surface area contributed by atoms with Gasteiger partial charge in [0.25, 0.3) is 0 Å². The molecule has 0 radical (unpaired) electrons. The second kappa shape index (κ2) is 12.8. The van der Waals surface area contributed by atoms with E-state index in [1.807, 2.05) is 12.1 Å². The molecule has 1 aliphatic heterocycles. The molecule has 1 unspecified atom stereocenters. The Morgan fingerprint density at radius 3 is 2.41 bits per heavy atom. The third kappa shape index (κ3) is 7.53. The lowest BCUT2D eigenvalue weighted by Gasteiger charge is -2.29. The monoisotopic (exact) mass is 490 g/mol. The lowest BCUT2D eigenvalue weighted by molar-refractivity contribution is -0.140. The van der Waals surface area contributed by atoms with Crippen molar-refractivity contribution < 1.29 is 14.3 Å². The zero-order chi connectivity index (χ0) is 18.8. The Balaban J connectivity index is 0.00000364. The molecule has 7 nitrogen and oxygen atoms in total. The Hall–Kier alpha value is -1.55. The highest BCUT2D eigenvalue weighted by molar-refractivity contribution is 14.0. The first-order valence-electron chi connectivity index (χ1n) is 9.07. The highest BCUT2D eigenvalue weighted by atomic mass is 127. The maximum Gasteiger partial charge on any atom is 0.307 e. The van der Waals surface area contributed by atoms with Crippen LogP contribution in [0.5, 0.6) is 5.75 Å². The molecule has 2 N–H and O–H groups in total. The van der Waals surface area contributed by atoms with Crippen LogP contribution < -0.4 is 15.4 Å². The van der Waals surface area contributed by atoms with Crippen molar-refractivity contribution >= 4 is 35.9 Å². The minimum atomic E-state index is -0.235. The van der Waals surface area contributed by atoms with Gasteiger partial charge in [0.15, 0.2) is 5.96 Å². The van der Waals surface area contributed by atoms with Crippen LogP contribution in [0.1, 0.15) is 30.9 Å². The van der Waals surface area contributed by atoms with Crippen molar-refractivity contribution in [1.29, 1.82) is 0 Å². The van der Waals surface area contributed by atoms with Gasteiger partial charge in [-0.15, -0.1) is 24.0 Å². The van der Waals surface area contributed by atoms with Gasteiger partial charge >= 0.3 is 5.97 Å². The number of methoxy groups -OCH3 is 2. The van der Waals surface area contributed by atoms with Crippen molar-refractivity contribution in [1.82, 2.24) is 15.5 Å². The smallest absolute Gasteiger partial charge is 0.307 e. The SMILES string of the molecule is CN=C(NCCC(=O)OC)NCC(c1ccc(OC)cc1)N1CCCC1.I. The van der Waals surface area contributed by atoms with E-state index in [9.17, 15) is 4.79 Å². The van der Waals surface area contributed by atoms with Crippen LogP contribution >= 0.6 is 24.0 Å². The van der Waals surface area contributed by atoms with E-state index in [0.717, 1.165) is 25.4 Å². The average molecular weight is 490 g/mol. The van der Waals surface area contributed by atoms with E-state index in [1.165, 1.54) is 25.5 Å². The third-order valence-corrected chi connectivity index (χ3v) is 4.62. The van der Waals surface area contributed by atoms with E-state index in [-0.39, 0.29) is 36.0 Å². The van der Waals surface area contributed by atoms with Crippen molar-refractivity contribution in [3.05, 3.63) is 29.8 Å². The van der Waals surface area contributed by atoms with Gasteiger partial charge < -0.3 is 20.1 Å². The summed E-state index contributed by atoms with van der Waals surface area (Å²) in [5.74, 6) is 1.31. The van der Waals surface area contributed by atoms with Gasteiger partial charge in [0.1, 0.15) is 5.75 Å². The van der Waals surface area contributed by atoms with Gasteiger partial charge in [-0.05, 0) is 43.6 Å². The van der Waals surface area contributed by atoms with E-state index in [1.54, 1.807) is 14.2 Å². The van der Waals surface area contributed by atoms with Crippen LogP contribution in [-0.4, -0.2) is 64.3 Å². The first-order chi connectivity index (χ1) is 12.7. The maximum absolute atomic E-state index is 11.2. The van der Waals surface area contributed by atoms with Crippen molar-refractivity contribution in [3.63, 3.8) is 0 Å². The molecule has 0 spiro atoms. The van der Waals surface area contributed by atoms with Crippen LogP contribution in [0.15, 0.2) is 29.3 Å². The lowest BCUT2D eigenvalue weighted by atomic mass is 10.1. The summed E-state index contributed by atoms with van der Waals surface area (Å²) in [6.45, 7) is 3.44. The van der Waals surface area contributed by atoms with Crippen LogP contribution in [0.2, 0.25) is 0 Å². The molecular formula is C19H31IN4O3. The second-order valence-electron chi connectivity index (χ2n) is 6.24. The molecule has 0 amide bonds. The highest BCUT2D eigenvalue weighted by Crippen LogP contribution is 2.26. The summed E-state index contributed by atoms with van der Waals surface area (Å²) >= 11 is 0. The molecule has 8 heteroatoms. The zero-order valence-electron chi connectivity index (χ0n) is 16.4. The largest absolute Gasteiger partial charge is 0.497 e. The Morgan fingerprint density at radius 2 is 1.85 bits per heavy atom. The third-order valence-electron chi connectivity index (χ3n) is 4.62. The molecule has 1 atom stereocenters. The van der Waals surface area contributed by atoms with Crippen LogP contribution in [0.3, 0.4) is 0 Å². The standard InChI is InChI=1S/C19H30N4O3.HI/c1-20-19(21-11-10-18(24)26-3)22-14-17(23-12-4-5-13-23)15-6-8-16(25-2)9-7-15;/h6-9,17H,4-5,10-14H2,1-3H3,(H2,20,21,22);1H. The average Bonchev–Trinajstić information content (AvgIpc) is 3.21. The number of hydrogen-bond donors (Lipinski definition) is 2. The fourth-order valence-electron chi connectivity index (χ4n) is 3.14. The number of nitrogens with zero attached hydrogens (tertiary/aromatic N) is 2. The number of rotatable bonds is 8. The molecule has 0 bridgehead atoms. The van der Waals surface area contributed by atoms with Gasteiger partial charge in [0.05, 0.1) is 26.7 Å². The van der Waals surface area contributed by atoms with Gasteiger partial charge in [-0.2, -0.15) is 0 Å². The number of esters is 1. The number of carbonyl (C=O) groups excluding carboxylic acids is 1. The van der Waals surface area contributed by atoms with Crippen LogP contribution in [0, 0.1) is 0 Å². The quantitative estimate of drug-likeness (QED) is 0.252. The van der Waals surface area contributed by atoms with E-state index < -0.39 is 0 Å². The Morgan fingerprint density at radius 1 is 1.19 bits per heavy atom. The van der Waals surface area contributed by atoms with Gasteiger partial charge in [-0.25, -0.2) is 0 Å². The number of ether oxygens (including phenoxy) is 2. The van der Waals surface area contributed by atoms with Crippen LogP contribution in [0.4, 0.5) is 0 Å². The van der Waals surface area contributed by atoms with Crippen molar-refractivity contribution in [2.24, 2.45) is 4.99 Å². The van der Waals surface area contributed by atoms with Crippen LogP contribution in [0.25, 0.3) is 0 Å². The number of carbonyl (C=O) groups is 1. The normalized spacial score (nSPS) is 15.6.